The van der Waals surface area contributed by atoms with E-state index >= 15 is 0 Å². The van der Waals surface area contributed by atoms with E-state index in [2.05, 4.69) is 0 Å². The smallest absolute Gasteiger partial charge is 0.264 e. The molecule has 0 aromatic heterocycles. The molecule has 0 fully saturated rings. The second-order valence-corrected chi connectivity index (χ2v) is 6.30. The van der Waals surface area contributed by atoms with Gasteiger partial charge in [-0.15, -0.1) is 0 Å². The van der Waals surface area contributed by atoms with Gasteiger partial charge in [-0.2, -0.15) is 8.42 Å². The van der Waals surface area contributed by atoms with Gasteiger partial charge in [-0.1, -0.05) is 39.5 Å². The van der Waals surface area contributed by atoms with Crippen LogP contribution in [0.4, 0.5) is 0 Å². The summed E-state index contributed by atoms with van der Waals surface area (Å²) < 4.78 is 26.8. The van der Waals surface area contributed by atoms with Gasteiger partial charge in [0.05, 0.1) is 18.3 Å². The van der Waals surface area contributed by atoms with Gasteiger partial charge in [0.15, 0.2) is 0 Å². The number of unbranched alkanes of at least 4 members (excludes halogenated alkanes) is 2. The molecule has 0 aliphatic rings. The fourth-order valence-corrected chi connectivity index (χ4v) is 2.15. The highest BCUT2D eigenvalue weighted by Gasteiger charge is 2.30. The molecule has 0 atom stereocenters. The summed E-state index contributed by atoms with van der Waals surface area (Å²) in [5, 5.41) is 0. The SMILES string of the molecule is CCCCC(C=O)(CCCC)COS(C)(=O)=O. The summed E-state index contributed by atoms with van der Waals surface area (Å²) in [7, 11) is -3.48. The molecule has 0 amide bonds. The Balaban J connectivity index is 4.59. The summed E-state index contributed by atoms with van der Waals surface area (Å²) in [5.41, 5.74) is -0.630. The predicted molar refractivity (Wildman–Crippen MR) is 68.3 cm³/mol. The highest BCUT2D eigenvalue weighted by molar-refractivity contribution is 7.85. The van der Waals surface area contributed by atoms with Gasteiger partial charge in [-0.3, -0.25) is 4.18 Å². The lowest BCUT2D eigenvalue weighted by Gasteiger charge is -2.27. The lowest BCUT2D eigenvalue weighted by atomic mass is 9.80. The minimum absolute atomic E-state index is 0.0185. The van der Waals surface area contributed by atoms with Crippen LogP contribution in [0.2, 0.25) is 0 Å². The Labute approximate surface area is 105 Å². The molecule has 0 unspecified atom stereocenters. The van der Waals surface area contributed by atoms with Crippen LogP contribution in [0.25, 0.3) is 0 Å². The van der Waals surface area contributed by atoms with Crippen LogP contribution in [-0.2, 0) is 19.1 Å². The topological polar surface area (TPSA) is 60.4 Å². The number of aldehydes is 1. The van der Waals surface area contributed by atoms with E-state index in [1.165, 1.54) is 0 Å². The zero-order chi connectivity index (χ0) is 13.4. The molecule has 0 aromatic rings. The average molecular weight is 264 g/mol. The molecule has 0 saturated heterocycles. The van der Waals surface area contributed by atoms with E-state index in [4.69, 9.17) is 4.18 Å². The number of carbonyl (C=O) groups excluding carboxylic acids is 1. The van der Waals surface area contributed by atoms with Gasteiger partial charge in [0, 0.05) is 0 Å². The van der Waals surface area contributed by atoms with Crippen molar-refractivity contribution in [1.82, 2.24) is 0 Å². The fourth-order valence-electron chi connectivity index (χ4n) is 1.70. The standard InChI is InChI=1S/C12H24O4S/c1-4-6-8-12(10-13,9-7-5-2)11-16-17(3,14)15/h10H,4-9,11H2,1-3H3. The van der Waals surface area contributed by atoms with E-state index < -0.39 is 15.5 Å². The second-order valence-electron chi connectivity index (χ2n) is 4.65. The van der Waals surface area contributed by atoms with Crippen LogP contribution in [0.5, 0.6) is 0 Å². The molecule has 0 spiro atoms. The summed E-state index contributed by atoms with van der Waals surface area (Å²) in [5.74, 6) is 0. The molecule has 0 aromatic carbocycles. The van der Waals surface area contributed by atoms with Gasteiger partial charge < -0.3 is 4.79 Å². The molecule has 4 nitrogen and oxygen atoms in total. The Hall–Kier alpha value is -0.420. The molecule has 0 aliphatic heterocycles. The molecule has 0 bridgehead atoms. The maximum atomic E-state index is 11.3. The van der Waals surface area contributed by atoms with E-state index in [9.17, 15) is 13.2 Å². The summed E-state index contributed by atoms with van der Waals surface area (Å²) >= 11 is 0. The summed E-state index contributed by atoms with van der Waals surface area (Å²) in [6, 6.07) is 0. The summed E-state index contributed by atoms with van der Waals surface area (Å²) in [4.78, 5) is 11.3. The average Bonchev–Trinajstić information content (AvgIpc) is 2.28. The Kier molecular flexibility index (Phi) is 7.63. The third-order valence-electron chi connectivity index (χ3n) is 2.87. The predicted octanol–water partition coefficient (Wildman–Crippen LogP) is 2.53. The first-order chi connectivity index (χ1) is 7.89. The first-order valence-corrected chi connectivity index (χ1v) is 8.01. The number of rotatable bonds is 10. The Morgan fingerprint density at radius 2 is 1.59 bits per heavy atom. The van der Waals surface area contributed by atoms with Crippen molar-refractivity contribution < 1.29 is 17.4 Å². The van der Waals surface area contributed by atoms with Crippen molar-refractivity contribution in [3.8, 4) is 0 Å². The third kappa shape index (κ3) is 7.49. The van der Waals surface area contributed by atoms with Crippen LogP contribution in [0.3, 0.4) is 0 Å². The van der Waals surface area contributed by atoms with E-state index in [1.54, 1.807) is 0 Å². The van der Waals surface area contributed by atoms with E-state index in [-0.39, 0.29) is 6.61 Å². The monoisotopic (exact) mass is 264 g/mol. The summed E-state index contributed by atoms with van der Waals surface area (Å²) in [6.07, 6.45) is 7.09. The van der Waals surface area contributed by atoms with Crippen LogP contribution in [0, 0.1) is 5.41 Å². The van der Waals surface area contributed by atoms with E-state index in [1.807, 2.05) is 13.8 Å². The quantitative estimate of drug-likeness (QED) is 0.449. The highest BCUT2D eigenvalue weighted by atomic mass is 32.2. The second kappa shape index (κ2) is 7.82. The lowest BCUT2D eigenvalue weighted by Crippen LogP contribution is -2.30. The van der Waals surface area contributed by atoms with E-state index in [0.717, 1.165) is 38.2 Å². The molecule has 5 heteroatoms. The van der Waals surface area contributed by atoms with Crippen LogP contribution < -0.4 is 0 Å². The summed E-state index contributed by atoms with van der Waals surface area (Å²) in [6.45, 7) is 4.08. The van der Waals surface area contributed by atoms with Crippen LogP contribution in [0.15, 0.2) is 0 Å². The normalized spacial score (nSPS) is 12.6. The molecule has 0 saturated carbocycles. The Morgan fingerprint density at radius 3 is 1.88 bits per heavy atom. The molecular formula is C12H24O4S. The lowest BCUT2D eigenvalue weighted by molar-refractivity contribution is -0.118. The van der Waals surface area contributed by atoms with Gasteiger partial charge in [0.25, 0.3) is 10.1 Å². The van der Waals surface area contributed by atoms with Crippen molar-refractivity contribution in [2.24, 2.45) is 5.41 Å². The van der Waals surface area contributed by atoms with Gasteiger partial charge >= 0.3 is 0 Å². The molecule has 17 heavy (non-hydrogen) atoms. The molecule has 0 radical (unpaired) electrons. The molecule has 0 aliphatic carbocycles. The van der Waals surface area contributed by atoms with Gasteiger partial charge in [-0.05, 0) is 12.8 Å². The minimum atomic E-state index is -3.48. The Morgan fingerprint density at radius 1 is 1.12 bits per heavy atom. The molecule has 0 heterocycles. The molecule has 0 N–H and O–H groups in total. The maximum absolute atomic E-state index is 11.3. The van der Waals surface area contributed by atoms with Crippen molar-refractivity contribution in [3.63, 3.8) is 0 Å². The van der Waals surface area contributed by atoms with Crippen molar-refractivity contribution in [2.75, 3.05) is 12.9 Å². The Bertz CT molecular complexity index is 300. The van der Waals surface area contributed by atoms with Crippen molar-refractivity contribution in [1.29, 1.82) is 0 Å². The zero-order valence-electron chi connectivity index (χ0n) is 11.1. The fraction of sp³-hybridized carbons (Fsp3) is 0.917. The molecule has 102 valence electrons. The largest absolute Gasteiger partial charge is 0.303 e. The number of hydrogen-bond donors (Lipinski definition) is 0. The van der Waals surface area contributed by atoms with Crippen molar-refractivity contribution >= 4 is 16.4 Å². The van der Waals surface area contributed by atoms with Crippen molar-refractivity contribution in [3.05, 3.63) is 0 Å². The number of hydrogen-bond acceptors (Lipinski definition) is 4. The van der Waals surface area contributed by atoms with Crippen LogP contribution in [-0.4, -0.2) is 27.6 Å². The highest BCUT2D eigenvalue weighted by Crippen LogP contribution is 2.29. The first-order valence-electron chi connectivity index (χ1n) is 6.20. The van der Waals surface area contributed by atoms with Crippen molar-refractivity contribution in [2.45, 2.75) is 52.4 Å². The third-order valence-corrected chi connectivity index (χ3v) is 3.41. The molecule has 0 rings (SSSR count). The van der Waals surface area contributed by atoms with Crippen LogP contribution >= 0.6 is 0 Å². The molecular weight excluding hydrogens is 240 g/mol. The number of carbonyl (C=O) groups is 1. The van der Waals surface area contributed by atoms with Crippen LogP contribution in [0.1, 0.15) is 52.4 Å². The first kappa shape index (κ1) is 16.6. The van der Waals surface area contributed by atoms with Gasteiger partial charge in [0.2, 0.25) is 0 Å². The maximum Gasteiger partial charge on any atom is 0.264 e. The van der Waals surface area contributed by atoms with E-state index in [0.29, 0.717) is 12.8 Å². The van der Waals surface area contributed by atoms with Gasteiger partial charge in [0.1, 0.15) is 6.29 Å². The minimum Gasteiger partial charge on any atom is -0.303 e. The zero-order valence-corrected chi connectivity index (χ0v) is 11.9. The van der Waals surface area contributed by atoms with Gasteiger partial charge in [-0.25, -0.2) is 0 Å².